The van der Waals surface area contributed by atoms with Crippen molar-refractivity contribution in [3.05, 3.63) is 28.8 Å². The van der Waals surface area contributed by atoms with Crippen molar-refractivity contribution in [2.75, 3.05) is 33.4 Å². The summed E-state index contributed by atoms with van der Waals surface area (Å²) < 4.78 is 11.5. The first-order chi connectivity index (χ1) is 12.6. The van der Waals surface area contributed by atoms with Crippen molar-refractivity contribution in [2.45, 2.75) is 44.6 Å². The van der Waals surface area contributed by atoms with Crippen LogP contribution < -0.4 is 15.4 Å². The highest BCUT2D eigenvalue weighted by Crippen LogP contribution is 2.30. The number of methoxy groups -OCH3 is 1. The Labute approximate surface area is 160 Å². The molecule has 1 aromatic carbocycles. The van der Waals surface area contributed by atoms with E-state index in [1.165, 1.54) is 12.8 Å². The lowest BCUT2D eigenvalue weighted by Crippen LogP contribution is -2.47. The number of piperidine rings is 1. The third-order valence-electron chi connectivity index (χ3n) is 5.52. The van der Waals surface area contributed by atoms with Crippen LogP contribution in [0, 0.1) is 5.41 Å². The van der Waals surface area contributed by atoms with Gasteiger partial charge in [0.15, 0.2) is 0 Å². The molecule has 1 aliphatic carbocycles. The van der Waals surface area contributed by atoms with Crippen molar-refractivity contribution in [2.24, 2.45) is 5.41 Å². The van der Waals surface area contributed by atoms with E-state index < -0.39 is 0 Å². The van der Waals surface area contributed by atoms with Crippen LogP contribution in [0.4, 0.5) is 0 Å². The molecular weight excluding hydrogens is 352 g/mol. The molecule has 0 bridgehead atoms. The lowest BCUT2D eigenvalue weighted by Gasteiger charge is -2.37. The molecule has 1 saturated carbocycles. The number of rotatable bonds is 7. The minimum atomic E-state index is -0.130. The van der Waals surface area contributed by atoms with E-state index in [2.05, 4.69) is 10.6 Å². The lowest BCUT2D eigenvalue weighted by molar-refractivity contribution is 0.0510. The van der Waals surface area contributed by atoms with E-state index in [4.69, 9.17) is 21.1 Å². The molecule has 1 aliphatic heterocycles. The molecular formula is C20H29ClN2O3. The highest BCUT2D eigenvalue weighted by Gasteiger charge is 2.33. The van der Waals surface area contributed by atoms with Gasteiger partial charge < -0.3 is 20.1 Å². The molecule has 0 unspecified atom stereocenters. The summed E-state index contributed by atoms with van der Waals surface area (Å²) in [6.07, 6.45) is 6.65. The zero-order chi connectivity index (χ0) is 18.4. The summed E-state index contributed by atoms with van der Waals surface area (Å²) in [5, 5.41) is 7.01. The zero-order valence-corrected chi connectivity index (χ0v) is 16.2. The van der Waals surface area contributed by atoms with Gasteiger partial charge in [-0.25, -0.2) is 0 Å². The van der Waals surface area contributed by atoms with Gasteiger partial charge in [0.05, 0.1) is 18.3 Å². The number of ether oxygens (including phenoxy) is 2. The molecule has 1 heterocycles. The monoisotopic (exact) mass is 380 g/mol. The summed E-state index contributed by atoms with van der Waals surface area (Å²) in [5.74, 6) is 0.499. The molecule has 1 aromatic rings. The second-order valence-corrected chi connectivity index (χ2v) is 7.97. The second kappa shape index (κ2) is 9.07. The van der Waals surface area contributed by atoms with Gasteiger partial charge in [-0.05, 0) is 69.8 Å². The fraction of sp³-hybridized carbons (Fsp3) is 0.650. The topological polar surface area (TPSA) is 59.6 Å². The number of hydrogen-bond donors (Lipinski definition) is 2. The number of carbonyl (C=O) groups excluding carboxylic acids is 1. The maximum absolute atomic E-state index is 12.9. The van der Waals surface area contributed by atoms with Gasteiger partial charge >= 0.3 is 0 Å². The summed E-state index contributed by atoms with van der Waals surface area (Å²) in [5.41, 5.74) is 0.506. The SMILES string of the molecule is COCC1(CNC(=O)c2cc(Cl)ccc2OC2CCCC2)CCNCC1. The van der Waals surface area contributed by atoms with Crippen LogP contribution in [0.3, 0.4) is 0 Å². The summed E-state index contributed by atoms with van der Waals surface area (Å²) in [4.78, 5) is 12.9. The molecule has 0 atom stereocenters. The van der Waals surface area contributed by atoms with E-state index in [1.807, 2.05) is 6.07 Å². The van der Waals surface area contributed by atoms with Crippen LogP contribution in [0.25, 0.3) is 0 Å². The molecule has 1 amide bonds. The number of halogens is 1. The Hall–Kier alpha value is -1.30. The van der Waals surface area contributed by atoms with Gasteiger partial charge in [-0.15, -0.1) is 0 Å². The van der Waals surface area contributed by atoms with Crippen molar-refractivity contribution < 1.29 is 14.3 Å². The summed E-state index contributed by atoms with van der Waals surface area (Å²) in [6, 6.07) is 5.29. The molecule has 0 radical (unpaired) electrons. The fourth-order valence-corrected chi connectivity index (χ4v) is 4.14. The van der Waals surface area contributed by atoms with Gasteiger partial charge in [0.25, 0.3) is 5.91 Å². The molecule has 2 aliphatic rings. The van der Waals surface area contributed by atoms with Gasteiger partial charge in [-0.2, -0.15) is 0 Å². The van der Waals surface area contributed by atoms with Crippen LogP contribution in [-0.4, -0.2) is 45.4 Å². The molecule has 144 valence electrons. The van der Waals surface area contributed by atoms with Crippen LogP contribution in [0.15, 0.2) is 18.2 Å². The number of amides is 1. The first-order valence-corrected chi connectivity index (χ1v) is 9.94. The Bertz CT molecular complexity index is 606. The molecule has 5 nitrogen and oxygen atoms in total. The van der Waals surface area contributed by atoms with E-state index in [0.29, 0.717) is 29.5 Å². The molecule has 2 fully saturated rings. The summed E-state index contributed by atoms with van der Waals surface area (Å²) >= 11 is 6.14. The number of carbonyl (C=O) groups is 1. The third kappa shape index (κ3) is 4.90. The normalized spacial score (nSPS) is 20.1. The van der Waals surface area contributed by atoms with Crippen LogP contribution in [-0.2, 0) is 4.74 Å². The Morgan fingerprint density at radius 2 is 2.04 bits per heavy atom. The van der Waals surface area contributed by atoms with Crippen LogP contribution in [0.2, 0.25) is 5.02 Å². The maximum Gasteiger partial charge on any atom is 0.255 e. The van der Waals surface area contributed by atoms with Gasteiger partial charge in [0.2, 0.25) is 0 Å². The average Bonchev–Trinajstić information content (AvgIpc) is 3.15. The van der Waals surface area contributed by atoms with Crippen molar-refractivity contribution in [3.63, 3.8) is 0 Å². The van der Waals surface area contributed by atoms with Gasteiger partial charge in [0.1, 0.15) is 5.75 Å². The molecule has 0 spiro atoms. The van der Waals surface area contributed by atoms with Gasteiger partial charge in [-0.3, -0.25) is 4.79 Å². The predicted molar refractivity (Wildman–Crippen MR) is 103 cm³/mol. The Kier molecular flexibility index (Phi) is 6.79. The number of hydrogen-bond acceptors (Lipinski definition) is 4. The van der Waals surface area contributed by atoms with Crippen molar-refractivity contribution in [1.29, 1.82) is 0 Å². The van der Waals surface area contributed by atoms with E-state index in [1.54, 1.807) is 19.2 Å². The first kappa shape index (κ1) is 19.5. The molecule has 0 aromatic heterocycles. The van der Waals surface area contributed by atoms with Crippen molar-refractivity contribution in [1.82, 2.24) is 10.6 Å². The minimum Gasteiger partial charge on any atom is -0.490 e. The molecule has 3 rings (SSSR count). The third-order valence-corrected chi connectivity index (χ3v) is 5.76. The maximum atomic E-state index is 12.9. The predicted octanol–water partition coefficient (Wildman–Crippen LogP) is 3.41. The molecule has 26 heavy (non-hydrogen) atoms. The largest absolute Gasteiger partial charge is 0.490 e. The van der Waals surface area contributed by atoms with E-state index in [-0.39, 0.29) is 17.4 Å². The summed E-state index contributed by atoms with van der Waals surface area (Å²) in [6.45, 7) is 3.14. The summed E-state index contributed by atoms with van der Waals surface area (Å²) in [7, 11) is 1.72. The minimum absolute atomic E-state index is 0.0132. The quantitative estimate of drug-likeness (QED) is 0.761. The Balaban J connectivity index is 1.68. The molecule has 1 saturated heterocycles. The van der Waals surface area contributed by atoms with Crippen molar-refractivity contribution >= 4 is 17.5 Å². The second-order valence-electron chi connectivity index (χ2n) is 7.53. The van der Waals surface area contributed by atoms with Gasteiger partial charge in [-0.1, -0.05) is 11.6 Å². The lowest BCUT2D eigenvalue weighted by atomic mass is 9.79. The smallest absolute Gasteiger partial charge is 0.255 e. The standard InChI is InChI=1S/C20H29ClN2O3/c1-25-14-20(8-10-22-11-9-20)13-23-19(24)17-12-15(21)6-7-18(17)26-16-4-2-3-5-16/h6-7,12,16,22H,2-5,8-11,13-14H2,1H3,(H,23,24). The van der Waals surface area contributed by atoms with Crippen molar-refractivity contribution in [3.8, 4) is 5.75 Å². The van der Waals surface area contributed by atoms with Gasteiger partial charge in [0, 0.05) is 24.1 Å². The number of nitrogens with one attached hydrogen (secondary N) is 2. The Morgan fingerprint density at radius 1 is 1.31 bits per heavy atom. The highest BCUT2D eigenvalue weighted by molar-refractivity contribution is 6.31. The van der Waals surface area contributed by atoms with E-state index in [0.717, 1.165) is 38.8 Å². The van der Waals surface area contributed by atoms with Crippen LogP contribution in [0.1, 0.15) is 48.9 Å². The van der Waals surface area contributed by atoms with E-state index in [9.17, 15) is 4.79 Å². The zero-order valence-electron chi connectivity index (χ0n) is 15.5. The van der Waals surface area contributed by atoms with E-state index >= 15 is 0 Å². The first-order valence-electron chi connectivity index (χ1n) is 9.56. The van der Waals surface area contributed by atoms with Crippen LogP contribution in [0.5, 0.6) is 5.75 Å². The highest BCUT2D eigenvalue weighted by atomic mass is 35.5. The molecule has 2 N–H and O–H groups in total. The average molecular weight is 381 g/mol. The number of benzene rings is 1. The van der Waals surface area contributed by atoms with Crippen LogP contribution >= 0.6 is 11.6 Å². The fourth-order valence-electron chi connectivity index (χ4n) is 3.97. The molecule has 6 heteroatoms. The Morgan fingerprint density at radius 3 is 2.73 bits per heavy atom.